The summed E-state index contributed by atoms with van der Waals surface area (Å²) in [6.45, 7) is 3.59. The first-order valence-electron chi connectivity index (χ1n) is 6.20. The number of aromatic hydroxyl groups is 1. The maximum Gasteiger partial charge on any atom is 0.459 e. The lowest BCUT2D eigenvalue weighted by Crippen LogP contribution is -3.04. The number of phenolic OH excluding ortho intramolecular Hbond substituents is 1. The van der Waals surface area contributed by atoms with Gasteiger partial charge in [-0.15, -0.1) is 0 Å². The molecule has 1 atom stereocenters. The quantitative estimate of drug-likeness (QED) is 0.703. The van der Waals surface area contributed by atoms with Gasteiger partial charge >= 0.3 is 11.7 Å². The molecule has 1 fully saturated rings. The normalized spacial score (nSPS) is 23.6. The van der Waals surface area contributed by atoms with Crippen LogP contribution in [0, 0.1) is 13.8 Å². The van der Waals surface area contributed by atoms with E-state index < -0.39 is 28.9 Å². The molecule has 1 aromatic rings. The van der Waals surface area contributed by atoms with Gasteiger partial charge in [0, 0.05) is 0 Å². The van der Waals surface area contributed by atoms with Crippen molar-refractivity contribution in [3.8, 4) is 5.75 Å². The highest BCUT2D eigenvalue weighted by atomic mass is 19.4. The van der Waals surface area contributed by atoms with Gasteiger partial charge in [0.05, 0.1) is 18.7 Å². The Balaban J connectivity index is 2.70. The average molecular weight is 289 g/mol. The van der Waals surface area contributed by atoms with Crippen LogP contribution in [0.2, 0.25) is 0 Å². The van der Waals surface area contributed by atoms with Gasteiger partial charge in [0.15, 0.2) is 0 Å². The Kier molecular flexibility index (Phi) is 3.41. The van der Waals surface area contributed by atoms with Gasteiger partial charge in [0.1, 0.15) is 5.75 Å². The van der Waals surface area contributed by atoms with E-state index in [1.54, 1.807) is 13.8 Å². The molecule has 1 amide bonds. The first kappa shape index (κ1) is 14.6. The van der Waals surface area contributed by atoms with E-state index in [2.05, 4.69) is 5.32 Å². The fraction of sp³-hybridized carbons (Fsp3) is 0.462. The minimum atomic E-state index is -4.81. The van der Waals surface area contributed by atoms with Crippen molar-refractivity contribution < 1.29 is 28.4 Å². The van der Waals surface area contributed by atoms with Gasteiger partial charge in [-0.2, -0.15) is 13.2 Å². The van der Waals surface area contributed by atoms with Crippen LogP contribution in [0.25, 0.3) is 0 Å². The molecule has 0 radical (unpaired) electrons. The number of nitrogens with one attached hydrogen (secondary N) is 1. The Morgan fingerprint density at radius 2 is 1.90 bits per heavy atom. The van der Waals surface area contributed by atoms with E-state index >= 15 is 0 Å². The van der Waals surface area contributed by atoms with Gasteiger partial charge in [0.2, 0.25) is 0 Å². The van der Waals surface area contributed by atoms with Crippen LogP contribution in [-0.2, 0) is 10.3 Å². The molecule has 1 heterocycles. The summed E-state index contributed by atoms with van der Waals surface area (Å²) in [4.78, 5) is 11.9. The smallest absolute Gasteiger partial charge is 0.459 e. The zero-order chi connectivity index (χ0) is 15.1. The third-order valence-electron chi connectivity index (χ3n) is 3.72. The van der Waals surface area contributed by atoms with E-state index in [9.17, 15) is 23.1 Å². The van der Waals surface area contributed by atoms with Gasteiger partial charge in [-0.05, 0) is 37.1 Å². The lowest BCUT2D eigenvalue weighted by Gasteiger charge is -2.35. The molecule has 0 bridgehead atoms. The maximum absolute atomic E-state index is 13.5. The first-order chi connectivity index (χ1) is 9.20. The van der Waals surface area contributed by atoms with Crippen LogP contribution in [-0.4, -0.2) is 30.3 Å². The van der Waals surface area contributed by atoms with E-state index in [1.807, 2.05) is 0 Å². The summed E-state index contributed by atoms with van der Waals surface area (Å²) >= 11 is 0. The van der Waals surface area contributed by atoms with Crippen LogP contribution in [0.15, 0.2) is 12.1 Å². The van der Waals surface area contributed by atoms with E-state index in [1.165, 1.54) is 12.1 Å². The number of benzene rings is 1. The zero-order valence-electron chi connectivity index (χ0n) is 11.1. The van der Waals surface area contributed by atoms with E-state index in [0.717, 1.165) is 5.32 Å². The number of carbonyl (C=O) groups is 1. The number of carbonyl (C=O) groups excluding carboxylic acids is 1. The number of aryl methyl sites for hydroxylation is 2. The number of piperazine rings is 1. The van der Waals surface area contributed by atoms with Crippen LogP contribution in [0.3, 0.4) is 0 Å². The Hall–Kier alpha value is -1.76. The molecule has 110 valence electrons. The van der Waals surface area contributed by atoms with Crippen molar-refractivity contribution in [2.45, 2.75) is 25.6 Å². The lowest BCUT2D eigenvalue weighted by molar-refractivity contribution is -0.750. The van der Waals surface area contributed by atoms with Crippen LogP contribution in [0.1, 0.15) is 16.7 Å². The monoisotopic (exact) mass is 289 g/mol. The van der Waals surface area contributed by atoms with Crippen molar-refractivity contribution >= 4 is 5.91 Å². The minimum Gasteiger partial charge on any atom is -0.507 e. The number of nitrogens with two attached hydrogens (primary N) is 1. The molecule has 20 heavy (non-hydrogen) atoms. The molecule has 0 aromatic heterocycles. The van der Waals surface area contributed by atoms with Crippen molar-refractivity contribution in [3.05, 3.63) is 28.8 Å². The number of phenols is 1. The lowest BCUT2D eigenvalue weighted by atomic mass is 9.84. The number of amides is 1. The Morgan fingerprint density at radius 1 is 1.30 bits per heavy atom. The molecular formula is C13H16F3N2O2+. The van der Waals surface area contributed by atoms with Crippen molar-refractivity contribution in [2.75, 3.05) is 13.1 Å². The molecule has 0 saturated carbocycles. The van der Waals surface area contributed by atoms with Crippen molar-refractivity contribution in [1.82, 2.24) is 5.32 Å². The molecule has 1 aliphatic heterocycles. The van der Waals surface area contributed by atoms with Gasteiger partial charge in [-0.3, -0.25) is 4.79 Å². The summed E-state index contributed by atoms with van der Waals surface area (Å²) in [6.07, 6.45) is -4.81. The minimum absolute atomic E-state index is 0.0949. The summed E-state index contributed by atoms with van der Waals surface area (Å²) in [5.41, 5.74) is -1.94. The largest absolute Gasteiger partial charge is 0.507 e. The van der Waals surface area contributed by atoms with Gasteiger partial charge in [0.25, 0.3) is 5.91 Å². The molecule has 0 unspecified atom stereocenters. The molecule has 1 saturated heterocycles. The molecule has 4 nitrogen and oxygen atoms in total. The SMILES string of the molecule is Cc1cc(O)c([C@]2(C(F)(F)F)[NH2+]CCNC2=O)cc1C. The second-order valence-corrected chi connectivity index (χ2v) is 5.01. The molecule has 7 heteroatoms. The number of alkyl halides is 3. The molecule has 1 aromatic carbocycles. The summed E-state index contributed by atoms with van der Waals surface area (Å²) in [5, 5.41) is 13.1. The summed E-state index contributed by atoms with van der Waals surface area (Å²) in [6, 6.07) is 2.49. The Bertz CT molecular complexity index is 557. The molecule has 2 rings (SSSR count). The van der Waals surface area contributed by atoms with Crippen LogP contribution < -0.4 is 10.6 Å². The highest BCUT2D eigenvalue weighted by molar-refractivity contribution is 5.88. The number of hydrogen-bond donors (Lipinski definition) is 3. The van der Waals surface area contributed by atoms with Crippen molar-refractivity contribution in [2.24, 2.45) is 0 Å². The Morgan fingerprint density at radius 3 is 2.45 bits per heavy atom. The van der Waals surface area contributed by atoms with Gasteiger partial charge < -0.3 is 15.7 Å². The van der Waals surface area contributed by atoms with Crippen LogP contribution in [0.4, 0.5) is 13.2 Å². The standard InChI is InChI=1S/C13H15F3N2O2/c1-7-5-9(10(19)6-8(7)2)12(13(14,15)16)11(20)17-3-4-18-12/h5-6,18-19H,3-4H2,1-2H3,(H,17,20)/p+1/t12-/m0/s1. The number of hydrogen-bond acceptors (Lipinski definition) is 2. The Labute approximate surface area is 114 Å². The fourth-order valence-corrected chi connectivity index (χ4v) is 2.45. The first-order valence-corrected chi connectivity index (χ1v) is 6.20. The summed E-state index contributed by atoms with van der Waals surface area (Å²) < 4.78 is 40.6. The second-order valence-electron chi connectivity index (χ2n) is 5.01. The average Bonchev–Trinajstić information content (AvgIpc) is 2.33. The summed E-state index contributed by atoms with van der Waals surface area (Å²) in [7, 11) is 0. The van der Waals surface area contributed by atoms with Crippen molar-refractivity contribution in [3.63, 3.8) is 0 Å². The third-order valence-corrected chi connectivity index (χ3v) is 3.72. The number of halogens is 3. The number of quaternary nitrogens is 1. The molecule has 1 aliphatic rings. The predicted octanol–water partition coefficient (Wildman–Crippen LogP) is 0.460. The highest BCUT2D eigenvalue weighted by Crippen LogP contribution is 2.41. The van der Waals surface area contributed by atoms with Crippen molar-refractivity contribution in [1.29, 1.82) is 0 Å². The van der Waals surface area contributed by atoms with E-state index in [0.29, 0.717) is 11.1 Å². The van der Waals surface area contributed by atoms with Gasteiger partial charge in [-0.1, -0.05) is 0 Å². The highest BCUT2D eigenvalue weighted by Gasteiger charge is 2.67. The fourth-order valence-electron chi connectivity index (χ4n) is 2.45. The number of rotatable bonds is 1. The second kappa shape index (κ2) is 4.66. The molecule has 4 N–H and O–H groups in total. The molecule has 0 aliphatic carbocycles. The molecular weight excluding hydrogens is 273 g/mol. The molecule has 0 spiro atoms. The van der Waals surface area contributed by atoms with Crippen LogP contribution in [0.5, 0.6) is 5.75 Å². The van der Waals surface area contributed by atoms with E-state index in [4.69, 9.17) is 0 Å². The van der Waals surface area contributed by atoms with Gasteiger partial charge in [-0.25, -0.2) is 0 Å². The maximum atomic E-state index is 13.5. The zero-order valence-corrected chi connectivity index (χ0v) is 11.1. The topological polar surface area (TPSA) is 65.9 Å². The predicted molar refractivity (Wildman–Crippen MR) is 65.1 cm³/mol. The van der Waals surface area contributed by atoms with E-state index in [-0.39, 0.29) is 13.1 Å². The summed E-state index contributed by atoms with van der Waals surface area (Å²) in [5.74, 6) is -1.66. The third kappa shape index (κ3) is 2.02. The van der Waals surface area contributed by atoms with Crippen LogP contribution >= 0.6 is 0 Å².